The Morgan fingerprint density at radius 2 is 1.90 bits per heavy atom. The molecule has 21 heavy (non-hydrogen) atoms. The molecule has 0 aromatic heterocycles. The van der Waals surface area contributed by atoms with Crippen molar-refractivity contribution < 1.29 is 8.42 Å². The van der Waals surface area contributed by atoms with Gasteiger partial charge in [0.15, 0.2) is 0 Å². The van der Waals surface area contributed by atoms with E-state index in [0.717, 1.165) is 18.4 Å². The van der Waals surface area contributed by atoms with E-state index >= 15 is 0 Å². The van der Waals surface area contributed by atoms with E-state index in [1.807, 2.05) is 30.3 Å². The third-order valence-electron chi connectivity index (χ3n) is 4.49. The quantitative estimate of drug-likeness (QED) is 0.882. The van der Waals surface area contributed by atoms with Crippen molar-refractivity contribution in [2.45, 2.75) is 24.8 Å². The standard InChI is InChI=1S/C15H23N3O2S/c1-17(9-12-7-8-12)21(19,20)18-10-14(15(16)11-18)13-5-3-2-4-6-13/h2-6,12,14-15H,7-11,16H2,1H3/t14-,15+/m0/s1. The van der Waals surface area contributed by atoms with Crippen LogP contribution in [0.4, 0.5) is 0 Å². The highest BCUT2D eigenvalue weighted by Crippen LogP contribution is 2.32. The van der Waals surface area contributed by atoms with E-state index in [1.165, 1.54) is 8.61 Å². The lowest BCUT2D eigenvalue weighted by Gasteiger charge is -2.24. The highest BCUT2D eigenvalue weighted by atomic mass is 32.2. The maximum Gasteiger partial charge on any atom is 0.281 e. The van der Waals surface area contributed by atoms with Crippen molar-refractivity contribution in [1.29, 1.82) is 0 Å². The van der Waals surface area contributed by atoms with Gasteiger partial charge in [-0.25, -0.2) is 0 Å². The molecular weight excluding hydrogens is 286 g/mol. The highest BCUT2D eigenvalue weighted by molar-refractivity contribution is 7.86. The number of nitrogens with zero attached hydrogens (tertiary/aromatic N) is 2. The Hall–Kier alpha value is -0.950. The van der Waals surface area contributed by atoms with Gasteiger partial charge in [-0.3, -0.25) is 0 Å². The summed E-state index contributed by atoms with van der Waals surface area (Å²) in [5, 5.41) is 0. The molecule has 2 N–H and O–H groups in total. The molecule has 1 aliphatic carbocycles. The predicted molar refractivity (Wildman–Crippen MR) is 83.0 cm³/mol. The number of nitrogens with two attached hydrogens (primary N) is 1. The van der Waals surface area contributed by atoms with Gasteiger partial charge in [-0.05, 0) is 24.3 Å². The van der Waals surface area contributed by atoms with Gasteiger partial charge in [0.25, 0.3) is 10.2 Å². The monoisotopic (exact) mass is 309 g/mol. The van der Waals surface area contributed by atoms with Crippen LogP contribution in [-0.2, 0) is 10.2 Å². The lowest BCUT2D eigenvalue weighted by atomic mass is 9.95. The van der Waals surface area contributed by atoms with Crippen LogP contribution >= 0.6 is 0 Å². The van der Waals surface area contributed by atoms with E-state index in [2.05, 4.69) is 0 Å². The predicted octanol–water partition coefficient (Wildman–Crippen LogP) is 1.000. The summed E-state index contributed by atoms with van der Waals surface area (Å²) in [6.45, 7) is 1.50. The first-order valence-electron chi connectivity index (χ1n) is 7.50. The molecule has 116 valence electrons. The second-order valence-corrected chi connectivity index (χ2v) is 8.27. The Labute approximate surface area is 126 Å². The van der Waals surface area contributed by atoms with Crippen LogP contribution in [0.1, 0.15) is 24.3 Å². The number of rotatable bonds is 5. The van der Waals surface area contributed by atoms with Gasteiger partial charge in [-0.2, -0.15) is 17.0 Å². The molecule has 1 saturated heterocycles. The second kappa shape index (κ2) is 5.68. The Bertz CT molecular complexity index is 586. The Balaban J connectivity index is 1.72. The van der Waals surface area contributed by atoms with Gasteiger partial charge >= 0.3 is 0 Å². The molecule has 1 aromatic rings. The van der Waals surface area contributed by atoms with Crippen LogP contribution < -0.4 is 5.73 Å². The molecule has 6 heteroatoms. The van der Waals surface area contributed by atoms with E-state index in [4.69, 9.17) is 5.73 Å². The molecule has 5 nitrogen and oxygen atoms in total. The van der Waals surface area contributed by atoms with Crippen LogP contribution in [0.25, 0.3) is 0 Å². The summed E-state index contributed by atoms with van der Waals surface area (Å²) in [4.78, 5) is 0. The van der Waals surface area contributed by atoms with Gasteiger partial charge in [0, 0.05) is 38.6 Å². The third kappa shape index (κ3) is 3.13. The van der Waals surface area contributed by atoms with Gasteiger partial charge in [0.1, 0.15) is 0 Å². The highest BCUT2D eigenvalue weighted by Gasteiger charge is 2.40. The van der Waals surface area contributed by atoms with Crippen molar-refractivity contribution in [3.8, 4) is 0 Å². The van der Waals surface area contributed by atoms with Gasteiger partial charge < -0.3 is 5.73 Å². The Morgan fingerprint density at radius 1 is 1.24 bits per heavy atom. The van der Waals surface area contributed by atoms with E-state index in [-0.39, 0.29) is 12.0 Å². The molecule has 2 aliphatic rings. The average molecular weight is 309 g/mol. The second-order valence-electron chi connectivity index (χ2n) is 6.23. The molecule has 0 unspecified atom stereocenters. The molecule has 1 aliphatic heterocycles. The molecule has 1 aromatic carbocycles. The van der Waals surface area contributed by atoms with Crippen molar-refractivity contribution in [2.75, 3.05) is 26.7 Å². The van der Waals surface area contributed by atoms with E-state index in [0.29, 0.717) is 25.6 Å². The number of hydrogen-bond donors (Lipinski definition) is 1. The summed E-state index contributed by atoms with van der Waals surface area (Å²) in [6.07, 6.45) is 2.29. The fourth-order valence-corrected chi connectivity index (χ4v) is 4.49. The zero-order chi connectivity index (χ0) is 15.0. The fraction of sp³-hybridized carbons (Fsp3) is 0.600. The normalized spacial score (nSPS) is 27.4. The van der Waals surface area contributed by atoms with Crippen LogP contribution in [0.5, 0.6) is 0 Å². The van der Waals surface area contributed by atoms with Crippen molar-refractivity contribution in [2.24, 2.45) is 11.7 Å². The van der Waals surface area contributed by atoms with Gasteiger partial charge in [0.05, 0.1) is 0 Å². The topological polar surface area (TPSA) is 66.6 Å². The summed E-state index contributed by atoms with van der Waals surface area (Å²) in [5.74, 6) is 0.626. The molecule has 3 rings (SSSR count). The molecule has 0 spiro atoms. The molecule has 1 saturated carbocycles. The zero-order valence-corrected chi connectivity index (χ0v) is 13.2. The first-order chi connectivity index (χ1) is 9.98. The smallest absolute Gasteiger partial charge is 0.281 e. The lowest BCUT2D eigenvalue weighted by molar-refractivity contribution is 0.383. The van der Waals surface area contributed by atoms with Crippen LogP contribution in [0, 0.1) is 5.92 Å². The minimum atomic E-state index is -3.38. The number of benzene rings is 1. The Morgan fingerprint density at radius 3 is 2.52 bits per heavy atom. The first kappa shape index (κ1) is 15.0. The molecular formula is C15H23N3O2S. The molecule has 2 atom stereocenters. The maximum absolute atomic E-state index is 12.6. The molecule has 1 heterocycles. The average Bonchev–Trinajstić information content (AvgIpc) is 3.19. The van der Waals surface area contributed by atoms with Crippen LogP contribution in [0.15, 0.2) is 30.3 Å². The summed E-state index contributed by atoms with van der Waals surface area (Å²) in [5.41, 5.74) is 7.31. The molecule has 0 bridgehead atoms. The van der Waals surface area contributed by atoms with Gasteiger partial charge in [-0.15, -0.1) is 0 Å². The minimum absolute atomic E-state index is 0.0790. The zero-order valence-electron chi connectivity index (χ0n) is 12.4. The third-order valence-corrected chi connectivity index (χ3v) is 6.38. The maximum atomic E-state index is 12.6. The van der Waals surface area contributed by atoms with Crippen LogP contribution in [0.3, 0.4) is 0 Å². The Kier molecular flexibility index (Phi) is 4.05. The van der Waals surface area contributed by atoms with E-state index < -0.39 is 10.2 Å². The summed E-state index contributed by atoms with van der Waals surface area (Å²) in [6, 6.07) is 9.80. The summed E-state index contributed by atoms with van der Waals surface area (Å²) in [7, 11) is -1.71. The van der Waals surface area contributed by atoms with E-state index in [1.54, 1.807) is 7.05 Å². The molecule has 0 amide bonds. The van der Waals surface area contributed by atoms with Crippen LogP contribution in [-0.4, -0.2) is 49.8 Å². The fourth-order valence-electron chi connectivity index (χ4n) is 2.99. The van der Waals surface area contributed by atoms with E-state index in [9.17, 15) is 8.42 Å². The van der Waals surface area contributed by atoms with Crippen molar-refractivity contribution in [3.63, 3.8) is 0 Å². The lowest BCUT2D eigenvalue weighted by Crippen LogP contribution is -2.42. The van der Waals surface area contributed by atoms with Gasteiger partial charge in [-0.1, -0.05) is 30.3 Å². The molecule has 2 fully saturated rings. The summed E-state index contributed by atoms with van der Waals surface area (Å²) >= 11 is 0. The largest absolute Gasteiger partial charge is 0.326 e. The first-order valence-corrected chi connectivity index (χ1v) is 8.90. The van der Waals surface area contributed by atoms with Gasteiger partial charge in [0.2, 0.25) is 0 Å². The van der Waals surface area contributed by atoms with Crippen molar-refractivity contribution in [3.05, 3.63) is 35.9 Å². The van der Waals surface area contributed by atoms with Crippen molar-refractivity contribution in [1.82, 2.24) is 8.61 Å². The summed E-state index contributed by atoms with van der Waals surface area (Å²) < 4.78 is 28.3. The van der Waals surface area contributed by atoms with Crippen LogP contribution in [0.2, 0.25) is 0 Å². The number of hydrogen-bond acceptors (Lipinski definition) is 3. The van der Waals surface area contributed by atoms with Crippen molar-refractivity contribution >= 4 is 10.2 Å². The SMILES string of the molecule is CN(CC1CC1)S(=O)(=O)N1C[C@@H](N)[C@H](c2ccccc2)C1. The molecule has 0 radical (unpaired) electrons. The minimum Gasteiger partial charge on any atom is -0.326 e.